The van der Waals surface area contributed by atoms with Crippen LogP contribution in [0.3, 0.4) is 0 Å². The van der Waals surface area contributed by atoms with Gasteiger partial charge in [-0.25, -0.2) is 18.1 Å². The van der Waals surface area contributed by atoms with Crippen molar-refractivity contribution in [3.05, 3.63) is 29.8 Å². The van der Waals surface area contributed by atoms with Gasteiger partial charge in [0.1, 0.15) is 0 Å². The molecule has 0 aromatic heterocycles. The Morgan fingerprint density at radius 1 is 1.36 bits per heavy atom. The molecule has 1 aliphatic rings. The van der Waals surface area contributed by atoms with Crippen LogP contribution >= 0.6 is 11.8 Å². The average Bonchev–Trinajstić information content (AvgIpc) is 3.14. The standard InChI is InChI=1S/C19H32N4O3S2/c1-4-20-19(23-16-8-9-17(13-16)27-3)21-14-15-6-5-7-18(12-15)28(24,25)22-10-11-26-2/h5-7,12,16-17,22H,4,8-11,13-14H2,1-3H3,(H2,20,21,23). The SMILES string of the molecule is CCNC(=NCc1cccc(S(=O)(=O)NCCOC)c1)NC1CCC(SC)C1. The smallest absolute Gasteiger partial charge is 0.240 e. The topological polar surface area (TPSA) is 91.8 Å². The highest BCUT2D eigenvalue weighted by molar-refractivity contribution is 7.99. The lowest BCUT2D eigenvalue weighted by atomic mass is 10.2. The average molecular weight is 429 g/mol. The van der Waals surface area contributed by atoms with E-state index in [4.69, 9.17) is 4.74 Å². The molecule has 0 heterocycles. The number of nitrogens with one attached hydrogen (secondary N) is 3. The van der Waals surface area contributed by atoms with E-state index in [1.807, 2.05) is 24.8 Å². The van der Waals surface area contributed by atoms with Gasteiger partial charge < -0.3 is 15.4 Å². The molecule has 0 bridgehead atoms. The van der Waals surface area contributed by atoms with Crippen molar-refractivity contribution in [2.75, 3.05) is 33.1 Å². The first-order chi connectivity index (χ1) is 13.5. The molecule has 0 spiro atoms. The van der Waals surface area contributed by atoms with Gasteiger partial charge in [0.2, 0.25) is 10.0 Å². The summed E-state index contributed by atoms with van der Waals surface area (Å²) in [4.78, 5) is 4.89. The molecular formula is C19H32N4O3S2. The van der Waals surface area contributed by atoms with E-state index in [2.05, 4.69) is 26.6 Å². The van der Waals surface area contributed by atoms with E-state index in [-0.39, 0.29) is 11.4 Å². The number of sulfonamides is 1. The molecule has 0 aliphatic heterocycles. The van der Waals surface area contributed by atoms with E-state index < -0.39 is 10.0 Å². The molecule has 2 unspecified atom stereocenters. The van der Waals surface area contributed by atoms with Crippen LogP contribution in [-0.4, -0.2) is 58.7 Å². The predicted octanol–water partition coefficient (Wildman–Crippen LogP) is 1.95. The van der Waals surface area contributed by atoms with Crippen molar-refractivity contribution in [3.63, 3.8) is 0 Å². The first-order valence-corrected chi connectivity index (χ1v) is 12.4. The third-order valence-electron chi connectivity index (χ3n) is 4.63. The highest BCUT2D eigenvalue weighted by Crippen LogP contribution is 2.28. The van der Waals surface area contributed by atoms with Crippen molar-refractivity contribution >= 4 is 27.7 Å². The fraction of sp³-hybridized carbons (Fsp3) is 0.632. The number of benzene rings is 1. The minimum Gasteiger partial charge on any atom is -0.383 e. The van der Waals surface area contributed by atoms with Gasteiger partial charge in [-0.15, -0.1) is 0 Å². The minimum atomic E-state index is -3.54. The van der Waals surface area contributed by atoms with Gasteiger partial charge in [-0.05, 0) is 50.1 Å². The number of rotatable bonds is 10. The summed E-state index contributed by atoms with van der Waals surface area (Å²) in [6.45, 7) is 3.81. The maximum Gasteiger partial charge on any atom is 0.240 e. The fourth-order valence-electron chi connectivity index (χ4n) is 3.14. The molecule has 0 amide bonds. The van der Waals surface area contributed by atoms with Crippen molar-refractivity contribution in [3.8, 4) is 0 Å². The molecule has 1 saturated carbocycles. The van der Waals surface area contributed by atoms with E-state index >= 15 is 0 Å². The summed E-state index contributed by atoms with van der Waals surface area (Å²) < 4.78 is 32.1. The van der Waals surface area contributed by atoms with Crippen LogP contribution < -0.4 is 15.4 Å². The summed E-state index contributed by atoms with van der Waals surface area (Å²) in [6.07, 6.45) is 5.69. The maximum atomic E-state index is 12.4. The second-order valence-corrected chi connectivity index (χ2v) is 9.65. The van der Waals surface area contributed by atoms with E-state index in [1.165, 1.54) is 13.5 Å². The second kappa shape index (κ2) is 11.6. The van der Waals surface area contributed by atoms with Crippen LogP contribution in [-0.2, 0) is 21.3 Å². The Bertz CT molecular complexity index is 740. The lowest BCUT2D eigenvalue weighted by molar-refractivity contribution is 0.204. The lowest BCUT2D eigenvalue weighted by Crippen LogP contribution is -2.42. The number of hydrogen-bond donors (Lipinski definition) is 3. The molecule has 0 saturated heterocycles. The molecule has 0 radical (unpaired) electrons. The van der Waals surface area contributed by atoms with Gasteiger partial charge in [0.05, 0.1) is 18.0 Å². The minimum absolute atomic E-state index is 0.243. The van der Waals surface area contributed by atoms with Crippen molar-refractivity contribution in [1.82, 2.24) is 15.4 Å². The van der Waals surface area contributed by atoms with Crippen LogP contribution in [0.2, 0.25) is 0 Å². The highest BCUT2D eigenvalue weighted by Gasteiger charge is 2.24. The molecule has 7 nitrogen and oxygen atoms in total. The Morgan fingerprint density at radius 2 is 2.18 bits per heavy atom. The van der Waals surface area contributed by atoms with Gasteiger partial charge in [-0.3, -0.25) is 0 Å². The Morgan fingerprint density at radius 3 is 2.86 bits per heavy atom. The van der Waals surface area contributed by atoms with Crippen LogP contribution in [0.15, 0.2) is 34.2 Å². The van der Waals surface area contributed by atoms with E-state index in [0.29, 0.717) is 24.4 Å². The third kappa shape index (κ3) is 7.27. The second-order valence-electron chi connectivity index (χ2n) is 6.75. The van der Waals surface area contributed by atoms with Gasteiger partial charge in [-0.2, -0.15) is 11.8 Å². The fourth-order valence-corrected chi connectivity index (χ4v) is 5.02. The van der Waals surface area contributed by atoms with Gasteiger partial charge in [0.15, 0.2) is 5.96 Å². The van der Waals surface area contributed by atoms with Crippen LogP contribution in [0.5, 0.6) is 0 Å². The van der Waals surface area contributed by atoms with Gasteiger partial charge in [-0.1, -0.05) is 12.1 Å². The Hall–Kier alpha value is -1.29. The summed E-state index contributed by atoms with van der Waals surface area (Å²) in [5.41, 5.74) is 0.847. The molecular weight excluding hydrogens is 396 g/mol. The molecule has 9 heteroatoms. The van der Waals surface area contributed by atoms with Crippen molar-refractivity contribution < 1.29 is 13.2 Å². The molecule has 1 fully saturated rings. The molecule has 158 valence electrons. The third-order valence-corrected chi connectivity index (χ3v) is 7.18. The summed E-state index contributed by atoms with van der Waals surface area (Å²) in [5.74, 6) is 0.778. The number of ether oxygens (including phenoxy) is 1. The Kier molecular flexibility index (Phi) is 9.57. The van der Waals surface area contributed by atoms with Gasteiger partial charge in [0, 0.05) is 31.5 Å². The summed E-state index contributed by atoms with van der Waals surface area (Å²) in [7, 11) is -2.01. The molecule has 2 rings (SSSR count). The largest absolute Gasteiger partial charge is 0.383 e. The zero-order valence-corrected chi connectivity index (χ0v) is 18.5. The highest BCUT2D eigenvalue weighted by atomic mass is 32.2. The summed E-state index contributed by atoms with van der Waals surface area (Å²) >= 11 is 1.93. The zero-order valence-electron chi connectivity index (χ0n) is 16.9. The molecule has 1 aromatic carbocycles. The van der Waals surface area contributed by atoms with Gasteiger partial charge >= 0.3 is 0 Å². The van der Waals surface area contributed by atoms with Crippen molar-refractivity contribution in [2.24, 2.45) is 4.99 Å². The molecule has 3 N–H and O–H groups in total. The van der Waals surface area contributed by atoms with Crippen molar-refractivity contribution in [1.29, 1.82) is 0 Å². The normalized spacial score (nSPS) is 20.3. The number of nitrogens with zero attached hydrogens (tertiary/aromatic N) is 1. The van der Waals surface area contributed by atoms with Crippen LogP contribution in [0, 0.1) is 0 Å². The summed E-state index contributed by atoms with van der Waals surface area (Å²) in [5, 5.41) is 7.51. The zero-order chi connectivity index (χ0) is 20.4. The first kappa shape index (κ1) is 23.0. The monoisotopic (exact) mass is 428 g/mol. The Balaban J connectivity index is 2.02. The first-order valence-electron chi connectivity index (χ1n) is 9.63. The Labute approximate surface area is 173 Å². The molecule has 2 atom stereocenters. The van der Waals surface area contributed by atoms with Crippen LogP contribution in [0.1, 0.15) is 31.7 Å². The van der Waals surface area contributed by atoms with Crippen molar-refractivity contribution in [2.45, 2.75) is 48.9 Å². The number of aliphatic imine (C=N–C) groups is 1. The van der Waals surface area contributed by atoms with E-state index in [9.17, 15) is 8.42 Å². The quantitative estimate of drug-likeness (QED) is 0.300. The number of thioether (sulfide) groups is 1. The van der Waals surface area contributed by atoms with Crippen LogP contribution in [0.25, 0.3) is 0 Å². The molecule has 1 aliphatic carbocycles. The van der Waals surface area contributed by atoms with E-state index in [1.54, 1.807) is 18.2 Å². The maximum absolute atomic E-state index is 12.4. The number of guanidine groups is 1. The van der Waals surface area contributed by atoms with E-state index in [0.717, 1.165) is 30.9 Å². The summed E-state index contributed by atoms with van der Waals surface area (Å²) in [6, 6.07) is 7.33. The number of methoxy groups -OCH3 is 1. The molecule has 28 heavy (non-hydrogen) atoms. The predicted molar refractivity (Wildman–Crippen MR) is 116 cm³/mol. The lowest BCUT2D eigenvalue weighted by Gasteiger charge is -2.17. The van der Waals surface area contributed by atoms with Gasteiger partial charge in [0.25, 0.3) is 0 Å². The molecule has 1 aromatic rings. The van der Waals surface area contributed by atoms with Crippen LogP contribution in [0.4, 0.5) is 0 Å². The number of hydrogen-bond acceptors (Lipinski definition) is 5.